The van der Waals surface area contributed by atoms with E-state index in [9.17, 15) is 0 Å². The fourth-order valence-corrected chi connectivity index (χ4v) is 2.72. The Balaban J connectivity index is 2.03. The first-order chi connectivity index (χ1) is 10.4. The SMILES string of the molecule is COc1ccc(-c2nc3ccccc3c3cc[nH]c23)cc1. The zero-order valence-electron chi connectivity index (χ0n) is 11.6. The van der Waals surface area contributed by atoms with Crippen LogP contribution >= 0.6 is 0 Å². The number of nitrogens with zero attached hydrogens (tertiary/aromatic N) is 1. The van der Waals surface area contributed by atoms with Crippen molar-refractivity contribution in [1.29, 1.82) is 0 Å². The Kier molecular flexibility index (Phi) is 2.64. The molecule has 21 heavy (non-hydrogen) atoms. The fourth-order valence-electron chi connectivity index (χ4n) is 2.72. The number of pyridine rings is 1. The lowest BCUT2D eigenvalue weighted by Gasteiger charge is -2.07. The van der Waals surface area contributed by atoms with Gasteiger partial charge < -0.3 is 9.72 Å². The van der Waals surface area contributed by atoms with Crippen LogP contribution in [0.4, 0.5) is 0 Å². The highest BCUT2D eigenvalue weighted by Gasteiger charge is 2.10. The van der Waals surface area contributed by atoms with Crippen molar-refractivity contribution in [3.63, 3.8) is 0 Å². The molecule has 0 atom stereocenters. The summed E-state index contributed by atoms with van der Waals surface area (Å²) in [6, 6.07) is 18.3. The third kappa shape index (κ3) is 1.86. The van der Waals surface area contributed by atoms with E-state index in [0.29, 0.717) is 0 Å². The quantitative estimate of drug-likeness (QED) is 0.588. The zero-order valence-corrected chi connectivity index (χ0v) is 11.6. The summed E-state index contributed by atoms with van der Waals surface area (Å²) in [6.07, 6.45) is 1.96. The van der Waals surface area contributed by atoms with Crippen molar-refractivity contribution in [2.45, 2.75) is 0 Å². The van der Waals surface area contributed by atoms with Crippen LogP contribution in [0, 0.1) is 0 Å². The van der Waals surface area contributed by atoms with Gasteiger partial charge in [0.1, 0.15) is 5.75 Å². The van der Waals surface area contributed by atoms with Crippen LogP contribution in [0.2, 0.25) is 0 Å². The number of benzene rings is 2. The molecule has 0 saturated heterocycles. The minimum Gasteiger partial charge on any atom is -0.497 e. The standard InChI is InChI=1S/C18H14N2O/c1-21-13-8-6-12(7-9-13)17-18-15(10-11-19-18)14-4-2-3-5-16(14)20-17/h2-11,19H,1H3. The van der Waals surface area contributed by atoms with E-state index in [2.05, 4.69) is 23.2 Å². The lowest BCUT2D eigenvalue weighted by atomic mass is 10.1. The van der Waals surface area contributed by atoms with Crippen molar-refractivity contribution in [2.24, 2.45) is 0 Å². The van der Waals surface area contributed by atoms with Gasteiger partial charge in [0, 0.05) is 22.5 Å². The molecule has 0 aliphatic rings. The van der Waals surface area contributed by atoms with Crippen LogP contribution in [-0.2, 0) is 0 Å². The van der Waals surface area contributed by atoms with Gasteiger partial charge in [-0.15, -0.1) is 0 Å². The van der Waals surface area contributed by atoms with Gasteiger partial charge in [-0.25, -0.2) is 4.98 Å². The number of rotatable bonds is 2. The van der Waals surface area contributed by atoms with E-state index in [0.717, 1.165) is 28.0 Å². The summed E-state index contributed by atoms with van der Waals surface area (Å²) >= 11 is 0. The Bertz CT molecular complexity index is 923. The lowest BCUT2D eigenvalue weighted by molar-refractivity contribution is 0.415. The highest BCUT2D eigenvalue weighted by Crippen LogP contribution is 2.32. The zero-order chi connectivity index (χ0) is 14.2. The summed E-state index contributed by atoms with van der Waals surface area (Å²) in [6.45, 7) is 0. The Hall–Kier alpha value is -2.81. The topological polar surface area (TPSA) is 37.9 Å². The van der Waals surface area contributed by atoms with Crippen molar-refractivity contribution in [2.75, 3.05) is 7.11 Å². The van der Waals surface area contributed by atoms with Crippen LogP contribution in [-0.4, -0.2) is 17.1 Å². The van der Waals surface area contributed by atoms with E-state index < -0.39 is 0 Å². The van der Waals surface area contributed by atoms with Crippen molar-refractivity contribution in [3.8, 4) is 17.0 Å². The first-order valence-corrected chi connectivity index (χ1v) is 6.87. The van der Waals surface area contributed by atoms with E-state index in [1.807, 2.05) is 42.6 Å². The van der Waals surface area contributed by atoms with Crippen LogP contribution in [0.3, 0.4) is 0 Å². The summed E-state index contributed by atoms with van der Waals surface area (Å²) in [5.74, 6) is 0.849. The van der Waals surface area contributed by atoms with Crippen LogP contribution in [0.15, 0.2) is 60.8 Å². The molecule has 102 valence electrons. The largest absolute Gasteiger partial charge is 0.497 e. The predicted octanol–water partition coefficient (Wildman–Crippen LogP) is 4.39. The Morgan fingerprint density at radius 2 is 1.71 bits per heavy atom. The molecule has 0 saturated carbocycles. The minimum atomic E-state index is 0.849. The molecule has 0 unspecified atom stereocenters. The van der Waals surface area contributed by atoms with Gasteiger partial charge in [-0.05, 0) is 36.4 Å². The number of fused-ring (bicyclic) bond motifs is 3. The minimum absolute atomic E-state index is 0.849. The highest BCUT2D eigenvalue weighted by atomic mass is 16.5. The molecule has 0 aliphatic heterocycles. The molecule has 0 fully saturated rings. The average molecular weight is 274 g/mol. The molecule has 0 aliphatic carbocycles. The van der Waals surface area contributed by atoms with Gasteiger partial charge in [-0.3, -0.25) is 0 Å². The van der Waals surface area contributed by atoms with Gasteiger partial charge in [0.05, 0.1) is 23.8 Å². The molecule has 2 aromatic carbocycles. The van der Waals surface area contributed by atoms with E-state index in [-0.39, 0.29) is 0 Å². The summed E-state index contributed by atoms with van der Waals surface area (Å²) in [5, 5.41) is 2.37. The number of methoxy groups -OCH3 is 1. The van der Waals surface area contributed by atoms with Crippen molar-refractivity contribution in [1.82, 2.24) is 9.97 Å². The summed E-state index contributed by atoms with van der Waals surface area (Å²) in [5.41, 5.74) is 4.12. The molecule has 2 aromatic heterocycles. The van der Waals surface area contributed by atoms with E-state index in [1.54, 1.807) is 7.11 Å². The second-order valence-electron chi connectivity index (χ2n) is 4.97. The average Bonchev–Trinajstić information content (AvgIpc) is 3.04. The number of hydrogen-bond donors (Lipinski definition) is 1. The second-order valence-corrected chi connectivity index (χ2v) is 4.97. The third-order valence-corrected chi connectivity index (χ3v) is 3.77. The van der Waals surface area contributed by atoms with Gasteiger partial charge in [-0.2, -0.15) is 0 Å². The molecular weight excluding hydrogens is 260 g/mol. The number of para-hydroxylation sites is 1. The first kappa shape index (κ1) is 12.0. The Morgan fingerprint density at radius 3 is 2.52 bits per heavy atom. The molecule has 0 spiro atoms. The third-order valence-electron chi connectivity index (χ3n) is 3.77. The lowest BCUT2D eigenvalue weighted by Crippen LogP contribution is -1.89. The van der Waals surface area contributed by atoms with Gasteiger partial charge in [0.15, 0.2) is 0 Å². The monoisotopic (exact) mass is 274 g/mol. The second kappa shape index (κ2) is 4.63. The van der Waals surface area contributed by atoms with Gasteiger partial charge in [0.2, 0.25) is 0 Å². The molecule has 0 amide bonds. The molecule has 2 heterocycles. The van der Waals surface area contributed by atoms with Crippen molar-refractivity contribution in [3.05, 3.63) is 60.8 Å². The normalized spacial score (nSPS) is 11.1. The van der Waals surface area contributed by atoms with E-state index in [1.165, 1.54) is 10.8 Å². The Labute approximate surface area is 122 Å². The molecular formula is C18H14N2O. The van der Waals surface area contributed by atoms with E-state index in [4.69, 9.17) is 9.72 Å². The summed E-state index contributed by atoms with van der Waals surface area (Å²) < 4.78 is 5.22. The fraction of sp³-hybridized carbons (Fsp3) is 0.0556. The van der Waals surface area contributed by atoms with Gasteiger partial charge >= 0.3 is 0 Å². The molecule has 0 bridgehead atoms. The van der Waals surface area contributed by atoms with E-state index >= 15 is 0 Å². The van der Waals surface area contributed by atoms with Crippen LogP contribution in [0.5, 0.6) is 5.75 Å². The van der Waals surface area contributed by atoms with Crippen LogP contribution in [0.25, 0.3) is 33.1 Å². The number of aromatic amines is 1. The highest BCUT2D eigenvalue weighted by molar-refractivity contribution is 6.09. The maximum atomic E-state index is 5.22. The summed E-state index contributed by atoms with van der Waals surface area (Å²) in [4.78, 5) is 8.14. The molecule has 1 N–H and O–H groups in total. The Morgan fingerprint density at radius 1 is 0.905 bits per heavy atom. The summed E-state index contributed by atoms with van der Waals surface area (Å²) in [7, 11) is 1.67. The number of ether oxygens (including phenoxy) is 1. The molecule has 0 radical (unpaired) electrons. The van der Waals surface area contributed by atoms with Crippen LogP contribution in [0.1, 0.15) is 0 Å². The molecule has 3 nitrogen and oxygen atoms in total. The maximum Gasteiger partial charge on any atom is 0.118 e. The maximum absolute atomic E-state index is 5.22. The smallest absolute Gasteiger partial charge is 0.118 e. The first-order valence-electron chi connectivity index (χ1n) is 6.87. The molecule has 4 rings (SSSR count). The molecule has 3 heteroatoms. The van der Waals surface area contributed by atoms with Gasteiger partial charge in [0.25, 0.3) is 0 Å². The number of hydrogen-bond acceptors (Lipinski definition) is 2. The predicted molar refractivity (Wildman–Crippen MR) is 85.6 cm³/mol. The van der Waals surface area contributed by atoms with Crippen molar-refractivity contribution >= 4 is 21.8 Å². The molecule has 4 aromatic rings. The number of nitrogens with one attached hydrogen (secondary N) is 1. The van der Waals surface area contributed by atoms with Crippen molar-refractivity contribution < 1.29 is 4.74 Å². The van der Waals surface area contributed by atoms with Gasteiger partial charge in [-0.1, -0.05) is 18.2 Å². The van der Waals surface area contributed by atoms with Crippen LogP contribution < -0.4 is 4.74 Å². The number of aromatic nitrogens is 2. The number of H-pyrrole nitrogens is 1.